The van der Waals surface area contributed by atoms with Gasteiger partial charge in [0, 0.05) is 37.3 Å². The Hall–Kier alpha value is -1.48. The van der Waals surface area contributed by atoms with Crippen LogP contribution in [0.25, 0.3) is 0 Å². The van der Waals surface area contributed by atoms with Crippen LogP contribution in [-0.4, -0.2) is 57.6 Å². The molecule has 1 aliphatic carbocycles. The maximum absolute atomic E-state index is 13.0. The Kier molecular flexibility index (Phi) is 5.73. The first-order chi connectivity index (χ1) is 13.5. The van der Waals surface area contributed by atoms with Gasteiger partial charge in [-0.15, -0.1) is 0 Å². The average Bonchev–Trinajstić information content (AvgIpc) is 2.73. The van der Waals surface area contributed by atoms with Gasteiger partial charge >= 0.3 is 0 Å². The summed E-state index contributed by atoms with van der Waals surface area (Å²) in [5.41, 5.74) is 1.48. The molecule has 0 radical (unpaired) electrons. The van der Waals surface area contributed by atoms with Crippen LogP contribution in [0, 0.1) is 0 Å². The summed E-state index contributed by atoms with van der Waals surface area (Å²) >= 11 is 0. The fourth-order valence-corrected chi connectivity index (χ4v) is 5.86. The number of nitrogens with one attached hydrogen (secondary N) is 2. The first kappa shape index (κ1) is 19.8. The van der Waals surface area contributed by atoms with Crippen molar-refractivity contribution in [2.45, 2.75) is 55.4 Å². The maximum Gasteiger partial charge on any atom is 0.240 e. The molecule has 1 amide bonds. The number of aryl methyl sites for hydroxylation is 1. The van der Waals surface area contributed by atoms with Crippen molar-refractivity contribution in [2.75, 3.05) is 38.2 Å². The van der Waals surface area contributed by atoms with Crippen molar-refractivity contribution in [3.05, 3.63) is 23.8 Å². The molecule has 28 heavy (non-hydrogen) atoms. The Balaban J connectivity index is 1.51. The highest BCUT2D eigenvalue weighted by atomic mass is 32.2. The Morgan fingerprint density at radius 1 is 1.11 bits per heavy atom. The number of hydrogen-bond acceptors (Lipinski definition) is 5. The van der Waals surface area contributed by atoms with Crippen molar-refractivity contribution in [1.82, 2.24) is 9.62 Å². The number of ether oxygens (including phenoxy) is 1. The second kappa shape index (κ2) is 8.10. The summed E-state index contributed by atoms with van der Waals surface area (Å²) in [6, 6.07) is 4.97. The minimum Gasteiger partial charge on any atom is -0.379 e. The molecule has 2 aliphatic heterocycles. The number of hydrogen-bond donors (Lipinski definition) is 2. The number of carbonyl (C=O) groups is 1. The van der Waals surface area contributed by atoms with Crippen LogP contribution in [0.5, 0.6) is 0 Å². The molecule has 1 aromatic carbocycles. The molecule has 1 saturated heterocycles. The van der Waals surface area contributed by atoms with Crippen molar-refractivity contribution in [1.29, 1.82) is 0 Å². The van der Waals surface area contributed by atoms with E-state index in [4.69, 9.17) is 4.74 Å². The summed E-state index contributed by atoms with van der Waals surface area (Å²) in [6.45, 7) is 3.58. The molecule has 8 heteroatoms. The van der Waals surface area contributed by atoms with Gasteiger partial charge in [-0.1, -0.05) is 19.3 Å². The smallest absolute Gasteiger partial charge is 0.240 e. The van der Waals surface area contributed by atoms with Crippen molar-refractivity contribution in [3.63, 3.8) is 0 Å². The van der Waals surface area contributed by atoms with Crippen LogP contribution in [0.1, 0.15) is 44.1 Å². The van der Waals surface area contributed by atoms with Crippen LogP contribution >= 0.6 is 0 Å². The van der Waals surface area contributed by atoms with Crippen LogP contribution < -0.4 is 10.0 Å². The lowest BCUT2D eigenvalue weighted by atomic mass is 9.80. The lowest BCUT2D eigenvalue weighted by molar-refractivity contribution is -0.116. The van der Waals surface area contributed by atoms with E-state index in [0.29, 0.717) is 38.3 Å². The van der Waals surface area contributed by atoms with Gasteiger partial charge in [-0.3, -0.25) is 9.69 Å². The Bertz CT molecular complexity index is 828. The number of anilines is 1. The van der Waals surface area contributed by atoms with Crippen LogP contribution in [0.15, 0.2) is 23.1 Å². The first-order valence-corrected chi connectivity index (χ1v) is 11.7. The highest BCUT2D eigenvalue weighted by molar-refractivity contribution is 7.89. The molecular weight excluding hydrogens is 378 g/mol. The van der Waals surface area contributed by atoms with E-state index >= 15 is 0 Å². The summed E-state index contributed by atoms with van der Waals surface area (Å²) in [5, 5.41) is 2.80. The number of sulfonamides is 1. The van der Waals surface area contributed by atoms with E-state index in [0.717, 1.165) is 44.3 Å². The van der Waals surface area contributed by atoms with Gasteiger partial charge in [0.05, 0.1) is 18.1 Å². The molecule has 2 fully saturated rings. The van der Waals surface area contributed by atoms with E-state index in [1.165, 1.54) is 6.42 Å². The minimum atomic E-state index is -3.60. The molecule has 1 aromatic rings. The molecule has 0 bridgehead atoms. The second-order valence-corrected chi connectivity index (χ2v) is 9.84. The predicted octanol–water partition coefficient (Wildman–Crippen LogP) is 1.88. The third-order valence-corrected chi connectivity index (χ3v) is 7.74. The van der Waals surface area contributed by atoms with Crippen LogP contribution in [0.3, 0.4) is 0 Å². The van der Waals surface area contributed by atoms with Gasteiger partial charge in [-0.2, -0.15) is 0 Å². The van der Waals surface area contributed by atoms with Crippen LogP contribution in [0.4, 0.5) is 5.69 Å². The van der Waals surface area contributed by atoms with E-state index in [-0.39, 0.29) is 16.3 Å². The number of fused-ring (bicyclic) bond motifs is 1. The van der Waals surface area contributed by atoms with Gasteiger partial charge in [-0.05, 0) is 43.0 Å². The molecule has 2 N–H and O–H groups in total. The van der Waals surface area contributed by atoms with E-state index in [1.54, 1.807) is 18.2 Å². The third kappa shape index (κ3) is 4.10. The molecule has 154 valence electrons. The van der Waals surface area contributed by atoms with Gasteiger partial charge in [0.25, 0.3) is 0 Å². The van der Waals surface area contributed by atoms with Crippen molar-refractivity contribution in [3.8, 4) is 0 Å². The number of rotatable bonds is 5. The zero-order valence-electron chi connectivity index (χ0n) is 16.2. The van der Waals surface area contributed by atoms with Gasteiger partial charge < -0.3 is 10.1 Å². The normalized spacial score (nSPS) is 23.1. The highest BCUT2D eigenvalue weighted by Crippen LogP contribution is 2.34. The predicted molar refractivity (Wildman–Crippen MR) is 107 cm³/mol. The summed E-state index contributed by atoms with van der Waals surface area (Å²) in [5.74, 6) is -0.0222. The molecule has 1 saturated carbocycles. The molecule has 3 aliphatic rings. The fourth-order valence-electron chi connectivity index (χ4n) is 4.69. The van der Waals surface area contributed by atoms with Gasteiger partial charge in [0.1, 0.15) is 0 Å². The monoisotopic (exact) mass is 407 g/mol. The number of morpholine rings is 1. The lowest BCUT2D eigenvalue weighted by Crippen LogP contribution is -2.59. The SMILES string of the molecule is O=C1CCc2cc(S(=O)(=O)NCC3(N4CCOCC4)CCCCC3)ccc2N1. The summed E-state index contributed by atoms with van der Waals surface area (Å²) in [6.07, 6.45) is 6.49. The number of amides is 1. The largest absolute Gasteiger partial charge is 0.379 e. The summed E-state index contributed by atoms with van der Waals surface area (Å²) in [7, 11) is -3.60. The Labute approximate surface area is 166 Å². The lowest BCUT2D eigenvalue weighted by Gasteiger charge is -2.48. The van der Waals surface area contributed by atoms with Gasteiger partial charge in [0.2, 0.25) is 15.9 Å². The zero-order chi connectivity index (χ0) is 19.6. The first-order valence-electron chi connectivity index (χ1n) is 10.2. The zero-order valence-corrected chi connectivity index (χ0v) is 17.0. The van der Waals surface area contributed by atoms with E-state index < -0.39 is 10.0 Å². The minimum absolute atomic E-state index is 0.0222. The standard InChI is InChI=1S/C20H29N3O4S/c24-19-7-4-16-14-17(5-6-18(16)22-19)28(25,26)21-15-20(8-2-1-3-9-20)23-10-12-27-13-11-23/h5-6,14,21H,1-4,7-13,15H2,(H,22,24). The highest BCUT2D eigenvalue weighted by Gasteiger charge is 2.39. The van der Waals surface area contributed by atoms with Crippen molar-refractivity contribution < 1.29 is 17.9 Å². The molecule has 0 atom stereocenters. The molecular formula is C20H29N3O4S. The molecule has 0 unspecified atom stereocenters. The second-order valence-electron chi connectivity index (χ2n) is 8.08. The summed E-state index contributed by atoms with van der Waals surface area (Å²) in [4.78, 5) is 14.2. The molecule has 4 rings (SSSR count). The average molecular weight is 408 g/mol. The maximum atomic E-state index is 13.0. The van der Waals surface area contributed by atoms with Crippen molar-refractivity contribution in [2.24, 2.45) is 0 Å². The molecule has 0 aromatic heterocycles. The number of nitrogens with zero attached hydrogens (tertiary/aromatic N) is 1. The fraction of sp³-hybridized carbons (Fsp3) is 0.650. The molecule has 2 heterocycles. The van der Waals surface area contributed by atoms with Gasteiger partial charge in [0.15, 0.2) is 0 Å². The summed E-state index contributed by atoms with van der Waals surface area (Å²) < 4.78 is 34.4. The quantitative estimate of drug-likeness (QED) is 0.778. The van der Waals surface area contributed by atoms with E-state index in [1.807, 2.05) is 0 Å². The van der Waals surface area contributed by atoms with E-state index in [2.05, 4.69) is 14.9 Å². The number of carbonyl (C=O) groups excluding carboxylic acids is 1. The molecule has 7 nitrogen and oxygen atoms in total. The molecule has 0 spiro atoms. The van der Waals surface area contributed by atoms with Crippen LogP contribution in [0.2, 0.25) is 0 Å². The van der Waals surface area contributed by atoms with Gasteiger partial charge in [-0.25, -0.2) is 13.1 Å². The van der Waals surface area contributed by atoms with Crippen molar-refractivity contribution >= 4 is 21.6 Å². The van der Waals surface area contributed by atoms with Crippen LogP contribution in [-0.2, 0) is 26.0 Å². The third-order valence-electron chi connectivity index (χ3n) is 6.34. The Morgan fingerprint density at radius 2 is 1.86 bits per heavy atom. The number of benzene rings is 1. The van der Waals surface area contributed by atoms with E-state index in [9.17, 15) is 13.2 Å². The Morgan fingerprint density at radius 3 is 2.61 bits per heavy atom. The topological polar surface area (TPSA) is 87.7 Å².